The lowest BCUT2D eigenvalue weighted by atomic mass is 9.75. The highest BCUT2D eigenvalue weighted by Gasteiger charge is 2.18. The van der Waals surface area contributed by atoms with Crippen molar-refractivity contribution >= 4 is 45.2 Å². The SMILES string of the molecule is OB(O)c1cccc2cccc(-c3ccc4c(c3)c3ccccc3n4-c3ccccc3)c12. The van der Waals surface area contributed by atoms with E-state index in [9.17, 15) is 10.0 Å². The van der Waals surface area contributed by atoms with Gasteiger partial charge >= 0.3 is 7.12 Å². The van der Waals surface area contributed by atoms with Gasteiger partial charge in [-0.05, 0) is 57.7 Å². The highest BCUT2D eigenvalue weighted by atomic mass is 16.4. The lowest BCUT2D eigenvalue weighted by Crippen LogP contribution is -2.30. The lowest BCUT2D eigenvalue weighted by Gasteiger charge is -2.12. The van der Waals surface area contributed by atoms with Gasteiger partial charge in [-0.25, -0.2) is 0 Å². The number of benzene rings is 5. The molecule has 0 saturated carbocycles. The number of nitrogens with zero attached hydrogens (tertiary/aromatic N) is 1. The average molecular weight is 413 g/mol. The van der Waals surface area contributed by atoms with Crippen molar-refractivity contribution < 1.29 is 10.0 Å². The van der Waals surface area contributed by atoms with Crippen LogP contribution in [-0.4, -0.2) is 21.7 Å². The molecule has 1 aromatic heterocycles. The second-order valence-corrected chi connectivity index (χ2v) is 8.04. The van der Waals surface area contributed by atoms with Crippen LogP contribution in [0.25, 0.3) is 49.4 Å². The van der Waals surface area contributed by atoms with E-state index in [1.807, 2.05) is 36.4 Å². The standard InChI is InChI=1S/C28H20BNO2/c31-29(32)25-14-7-9-19-8-6-13-22(28(19)25)20-16-17-27-24(18-20)23-12-4-5-15-26(23)30(27)21-10-2-1-3-11-21/h1-18,31-32H. The summed E-state index contributed by atoms with van der Waals surface area (Å²) in [4.78, 5) is 0. The third-order valence-corrected chi connectivity index (χ3v) is 6.21. The van der Waals surface area contributed by atoms with Gasteiger partial charge in [-0.15, -0.1) is 0 Å². The van der Waals surface area contributed by atoms with Crippen molar-refractivity contribution in [2.24, 2.45) is 0 Å². The highest BCUT2D eigenvalue weighted by molar-refractivity contribution is 6.62. The fourth-order valence-electron chi connectivity index (χ4n) is 4.82. The quantitative estimate of drug-likeness (QED) is 0.388. The first-order valence-electron chi connectivity index (χ1n) is 10.7. The summed E-state index contributed by atoms with van der Waals surface area (Å²) in [6.07, 6.45) is 0. The number of para-hydroxylation sites is 2. The average Bonchev–Trinajstić information content (AvgIpc) is 3.17. The summed E-state index contributed by atoms with van der Waals surface area (Å²) >= 11 is 0. The Morgan fingerprint density at radius 1 is 0.594 bits per heavy atom. The number of aromatic nitrogens is 1. The molecule has 0 unspecified atom stereocenters. The Morgan fingerprint density at radius 2 is 1.31 bits per heavy atom. The molecule has 0 radical (unpaired) electrons. The number of fused-ring (bicyclic) bond motifs is 4. The van der Waals surface area contributed by atoms with Crippen molar-refractivity contribution in [2.75, 3.05) is 0 Å². The predicted octanol–water partition coefficient (Wildman–Crippen LogP) is 5.28. The molecule has 0 aliphatic rings. The number of hydrogen-bond donors (Lipinski definition) is 2. The first-order valence-corrected chi connectivity index (χ1v) is 10.7. The smallest absolute Gasteiger partial charge is 0.423 e. The zero-order chi connectivity index (χ0) is 21.7. The highest BCUT2D eigenvalue weighted by Crippen LogP contribution is 2.36. The van der Waals surface area contributed by atoms with Crippen molar-refractivity contribution in [3.05, 3.63) is 109 Å². The zero-order valence-corrected chi connectivity index (χ0v) is 17.3. The van der Waals surface area contributed by atoms with E-state index in [4.69, 9.17) is 0 Å². The molecule has 1 heterocycles. The second-order valence-electron chi connectivity index (χ2n) is 8.04. The van der Waals surface area contributed by atoms with E-state index in [2.05, 4.69) is 71.3 Å². The molecule has 0 bridgehead atoms. The van der Waals surface area contributed by atoms with Crippen LogP contribution < -0.4 is 5.46 Å². The van der Waals surface area contributed by atoms with Crippen LogP contribution in [0.2, 0.25) is 0 Å². The third-order valence-electron chi connectivity index (χ3n) is 6.21. The van der Waals surface area contributed by atoms with Gasteiger partial charge in [-0.2, -0.15) is 0 Å². The van der Waals surface area contributed by atoms with E-state index in [-0.39, 0.29) is 0 Å². The van der Waals surface area contributed by atoms with Gasteiger partial charge in [0.25, 0.3) is 0 Å². The summed E-state index contributed by atoms with van der Waals surface area (Å²) in [5.41, 5.74) is 5.99. The van der Waals surface area contributed by atoms with Crippen LogP contribution in [0.4, 0.5) is 0 Å². The van der Waals surface area contributed by atoms with E-state index >= 15 is 0 Å². The first-order chi connectivity index (χ1) is 15.7. The number of hydrogen-bond acceptors (Lipinski definition) is 2. The van der Waals surface area contributed by atoms with E-state index in [0.29, 0.717) is 5.46 Å². The Labute approximate surface area is 185 Å². The van der Waals surface area contributed by atoms with Crippen LogP contribution in [0.3, 0.4) is 0 Å². The van der Waals surface area contributed by atoms with Crippen molar-refractivity contribution in [1.29, 1.82) is 0 Å². The first kappa shape index (κ1) is 18.9. The predicted molar refractivity (Wildman–Crippen MR) is 134 cm³/mol. The monoisotopic (exact) mass is 413 g/mol. The van der Waals surface area contributed by atoms with Crippen LogP contribution in [-0.2, 0) is 0 Å². The Hall–Kier alpha value is -3.86. The van der Waals surface area contributed by atoms with Gasteiger partial charge in [0.2, 0.25) is 0 Å². The minimum atomic E-state index is -1.52. The molecule has 4 heteroatoms. The summed E-state index contributed by atoms with van der Waals surface area (Å²) in [5.74, 6) is 0. The van der Waals surface area contributed by atoms with Crippen LogP contribution in [0, 0.1) is 0 Å². The lowest BCUT2D eigenvalue weighted by molar-refractivity contribution is 0.426. The largest absolute Gasteiger partial charge is 0.489 e. The summed E-state index contributed by atoms with van der Waals surface area (Å²) in [5, 5.41) is 24.2. The molecule has 0 spiro atoms. The summed E-state index contributed by atoms with van der Waals surface area (Å²) in [6.45, 7) is 0. The second kappa shape index (κ2) is 7.38. The van der Waals surface area contributed by atoms with Crippen LogP contribution in [0.15, 0.2) is 109 Å². The normalized spacial score (nSPS) is 11.4. The Kier molecular flexibility index (Phi) is 4.35. The molecule has 0 aliphatic heterocycles. The maximum absolute atomic E-state index is 9.99. The van der Waals surface area contributed by atoms with Crippen LogP contribution >= 0.6 is 0 Å². The van der Waals surface area contributed by atoms with E-state index in [1.165, 1.54) is 10.8 Å². The van der Waals surface area contributed by atoms with E-state index < -0.39 is 7.12 Å². The molecular weight excluding hydrogens is 393 g/mol. The molecule has 152 valence electrons. The third kappa shape index (κ3) is 2.85. The van der Waals surface area contributed by atoms with Crippen molar-refractivity contribution in [1.82, 2.24) is 4.57 Å². The van der Waals surface area contributed by atoms with Crippen molar-refractivity contribution in [2.45, 2.75) is 0 Å². The molecule has 0 fully saturated rings. The zero-order valence-electron chi connectivity index (χ0n) is 17.3. The summed E-state index contributed by atoms with van der Waals surface area (Å²) in [6, 6.07) is 37.1. The Balaban J connectivity index is 1.67. The van der Waals surface area contributed by atoms with E-state index in [1.54, 1.807) is 6.07 Å². The van der Waals surface area contributed by atoms with Crippen molar-refractivity contribution in [3.8, 4) is 16.8 Å². The molecular formula is C28H20BNO2. The maximum Gasteiger partial charge on any atom is 0.489 e. The summed E-state index contributed by atoms with van der Waals surface area (Å²) in [7, 11) is -1.52. The minimum absolute atomic E-state index is 0.518. The van der Waals surface area contributed by atoms with Gasteiger partial charge in [0.1, 0.15) is 0 Å². The topological polar surface area (TPSA) is 45.4 Å². The van der Waals surface area contributed by atoms with Gasteiger partial charge in [-0.3, -0.25) is 0 Å². The van der Waals surface area contributed by atoms with Crippen LogP contribution in [0.5, 0.6) is 0 Å². The number of rotatable bonds is 3. The minimum Gasteiger partial charge on any atom is -0.423 e. The molecule has 5 aromatic carbocycles. The molecule has 0 saturated heterocycles. The maximum atomic E-state index is 9.99. The molecule has 6 rings (SSSR count). The molecule has 0 amide bonds. The Bertz CT molecular complexity index is 1600. The van der Waals surface area contributed by atoms with Gasteiger partial charge < -0.3 is 14.6 Å². The molecule has 3 nitrogen and oxygen atoms in total. The van der Waals surface area contributed by atoms with Crippen molar-refractivity contribution in [3.63, 3.8) is 0 Å². The van der Waals surface area contributed by atoms with Crippen LogP contribution in [0.1, 0.15) is 0 Å². The van der Waals surface area contributed by atoms with Gasteiger partial charge in [0.15, 0.2) is 0 Å². The fraction of sp³-hybridized carbons (Fsp3) is 0. The van der Waals surface area contributed by atoms with Gasteiger partial charge in [0, 0.05) is 16.5 Å². The van der Waals surface area contributed by atoms with E-state index in [0.717, 1.165) is 38.6 Å². The molecule has 0 atom stereocenters. The fourth-order valence-corrected chi connectivity index (χ4v) is 4.82. The van der Waals surface area contributed by atoms with Gasteiger partial charge in [0.05, 0.1) is 11.0 Å². The Morgan fingerprint density at radius 3 is 2.12 bits per heavy atom. The molecule has 32 heavy (non-hydrogen) atoms. The van der Waals surface area contributed by atoms with Gasteiger partial charge in [-0.1, -0.05) is 78.9 Å². The molecule has 0 aliphatic carbocycles. The summed E-state index contributed by atoms with van der Waals surface area (Å²) < 4.78 is 2.29. The molecule has 6 aromatic rings. The molecule has 2 N–H and O–H groups in total.